The minimum absolute atomic E-state index is 0.0187. The van der Waals surface area contributed by atoms with Gasteiger partial charge in [0.1, 0.15) is 5.75 Å². The molecule has 2 unspecified atom stereocenters. The summed E-state index contributed by atoms with van der Waals surface area (Å²) >= 11 is 0. The molecule has 2 atom stereocenters. The van der Waals surface area contributed by atoms with Gasteiger partial charge >= 0.3 is 5.97 Å². The van der Waals surface area contributed by atoms with Crippen molar-refractivity contribution < 1.29 is 24.5 Å². The Hall–Kier alpha value is -1.63. The number of hydrogen-bond acceptors (Lipinski definition) is 6. The lowest BCUT2D eigenvalue weighted by Crippen LogP contribution is -2.38. The number of nitrogens with one attached hydrogen (secondary N) is 1. The van der Waals surface area contributed by atoms with E-state index in [0.29, 0.717) is 12.2 Å². The van der Waals surface area contributed by atoms with Crippen molar-refractivity contribution in [2.75, 3.05) is 26.9 Å². The Morgan fingerprint density at radius 2 is 2.00 bits per heavy atom. The van der Waals surface area contributed by atoms with Crippen LogP contribution in [0.5, 0.6) is 5.75 Å². The molecule has 1 rings (SSSR count). The summed E-state index contributed by atoms with van der Waals surface area (Å²) in [5, 5.41) is 22.2. The van der Waals surface area contributed by atoms with Gasteiger partial charge in [-0.25, -0.2) is 0 Å². The van der Waals surface area contributed by atoms with Crippen LogP contribution in [0.2, 0.25) is 0 Å². The Balaban J connectivity index is 2.77. The van der Waals surface area contributed by atoms with Gasteiger partial charge in [-0.15, -0.1) is 0 Å². The molecule has 0 aromatic heterocycles. The van der Waals surface area contributed by atoms with E-state index >= 15 is 0 Å². The maximum atomic E-state index is 11.4. The second kappa shape index (κ2) is 9.33. The van der Waals surface area contributed by atoms with Crippen molar-refractivity contribution in [3.8, 4) is 5.75 Å². The van der Waals surface area contributed by atoms with Gasteiger partial charge in [-0.3, -0.25) is 4.79 Å². The Morgan fingerprint density at radius 3 is 2.52 bits per heavy atom. The minimum atomic E-state index is -0.883. The van der Waals surface area contributed by atoms with Crippen LogP contribution in [-0.2, 0) is 9.53 Å². The number of carbonyl (C=O) groups is 1. The fraction of sp³-hybridized carbons (Fsp3) is 0.533. The third kappa shape index (κ3) is 5.71. The van der Waals surface area contributed by atoms with Gasteiger partial charge in [0.25, 0.3) is 0 Å². The third-order valence-electron chi connectivity index (χ3n) is 3.05. The summed E-state index contributed by atoms with van der Waals surface area (Å²) in [7, 11) is 1.30. The van der Waals surface area contributed by atoms with Crippen LogP contribution in [0.1, 0.15) is 25.0 Å². The number of carbonyl (C=O) groups excluding carboxylic acids is 1. The maximum absolute atomic E-state index is 11.4. The van der Waals surface area contributed by atoms with Crippen molar-refractivity contribution in [1.29, 1.82) is 0 Å². The molecule has 0 radical (unpaired) electrons. The lowest BCUT2D eigenvalue weighted by atomic mass is 9.99. The van der Waals surface area contributed by atoms with Crippen LogP contribution in [0.15, 0.2) is 24.3 Å². The average molecular weight is 297 g/mol. The molecule has 0 bridgehead atoms. The fourth-order valence-corrected chi connectivity index (χ4v) is 1.97. The van der Waals surface area contributed by atoms with E-state index in [9.17, 15) is 9.90 Å². The number of methoxy groups -OCH3 is 1. The van der Waals surface area contributed by atoms with E-state index in [4.69, 9.17) is 9.84 Å². The third-order valence-corrected chi connectivity index (χ3v) is 3.05. The van der Waals surface area contributed by atoms with Crippen LogP contribution in [0.4, 0.5) is 0 Å². The molecule has 0 fully saturated rings. The molecule has 0 aliphatic carbocycles. The number of esters is 1. The van der Waals surface area contributed by atoms with E-state index in [1.807, 2.05) is 6.92 Å². The van der Waals surface area contributed by atoms with Gasteiger partial charge in [0.2, 0.25) is 0 Å². The number of aliphatic hydroxyl groups excluding tert-OH is 2. The van der Waals surface area contributed by atoms with Gasteiger partial charge in [-0.2, -0.15) is 0 Å². The smallest absolute Gasteiger partial charge is 0.307 e. The lowest BCUT2D eigenvalue weighted by molar-refractivity contribution is -0.142. The zero-order valence-electron chi connectivity index (χ0n) is 12.4. The molecule has 21 heavy (non-hydrogen) atoms. The summed E-state index contributed by atoms with van der Waals surface area (Å²) in [4.78, 5) is 11.4. The zero-order chi connectivity index (χ0) is 15.7. The molecule has 0 amide bonds. The summed E-state index contributed by atoms with van der Waals surface area (Å²) < 4.78 is 9.97. The molecule has 0 saturated carbocycles. The first kappa shape index (κ1) is 17.4. The molecule has 0 aliphatic rings. The molecule has 0 aliphatic heterocycles. The highest BCUT2D eigenvalue weighted by atomic mass is 16.5. The molecule has 6 nitrogen and oxygen atoms in total. The molecular weight excluding hydrogens is 274 g/mol. The second-order valence-electron chi connectivity index (χ2n) is 4.51. The predicted octanol–water partition coefficient (Wildman–Crippen LogP) is 0.632. The number of aliphatic hydroxyl groups is 2. The van der Waals surface area contributed by atoms with Crippen molar-refractivity contribution in [1.82, 2.24) is 5.32 Å². The number of rotatable bonds is 9. The molecule has 0 saturated heterocycles. The Bertz CT molecular complexity index is 421. The van der Waals surface area contributed by atoms with Crippen molar-refractivity contribution in [3.05, 3.63) is 29.8 Å². The SMILES string of the molecule is CCOc1ccc(C(O)C(CC(=O)OC)NCCO)cc1. The molecule has 3 N–H and O–H groups in total. The van der Waals surface area contributed by atoms with E-state index < -0.39 is 18.1 Å². The Morgan fingerprint density at radius 1 is 1.33 bits per heavy atom. The van der Waals surface area contributed by atoms with E-state index in [1.165, 1.54) is 7.11 Å². The first-order chi connectivity index (χ1) is 10.1. The minimum Gasteiger partial charge on any atom is -0.494 e. The quantitative estimate of drug-likeness (QED) is 0.580. The van der Waals surface area contributed by atoms with E-state index in [0.717, 1.165) is 5.75 Å². The largest absolute Gasteiger partial charge is 0.494 e. The van der Waals surface area contributed by atoms with E-state index in [-0.39, 0.29) is 19.6 Å². The summed E-state index contributed by atoms with van der Waals surface area (Å²) in [6.07, 6.45) is -0.864. The summed E-state index contributed by atoms with van der Waals surface area (Å²) in [6, 6.07) is 6.51. The predicted molar refractivity (Wildman–Crippen MR) is 78.1 cm³/mol. The van der Waals surface area contributed by atoms with Crippen LogP contribution >= 0.6 is 0 Å². The number of ether oxygens (including phenoxy) is 2. The van der Waals surface area contributed by atoms with Gasteiger partial charge < -0.3 is 25.0 Å². The number of hydrogen-bond donors (Lipinski definition) is 3. The molecular formula is C15H23NO5. The van der Waals surface area contributed by atoms with Crippen molar-refractivity contribution in [2.45, 2.75) is 25.5 Å². The maximum Gasteiger partial charge on any atom is 0.307 e. The monoisotopic (exact) mass is 297 g/mol. The van der Waals surface area contributed by atoms with Crippen LogP contribution in [0.25, 0.3) is 0 Å². The van der Waals surface area contributed by atoms with Gasteiger partial charge in [-0.05, 0) is 24.6 Å². The zero-order valence-corrected chi connectivity index (χ0v) is 12.4. The average Bonchev–Trinajstić information content (AvgIpc) is 2.51. The number of benzene rings is 1. The van der Waals surface area contributed by atoms with Gasteiger partial charge in [0.15, 0.2) is 0 Å². The first-order valence-electron chi connectivity index (χ1n) is 6.94. The lowest BCUT2D eigenvalue weighted by Gasteiger charge is -2.23. The summed E-state index contributed by atoms with van der Waals surface area (Å²) in [5.74, 6) is 0.303. The molecule has 6 heteroatoms. The molecule has 118 valence electrons. The van der Waals surface area contributed by atoms with Gasteiger partial charge in [0, 0.05) is 12.6 Å². The van der Waals surface area contributed by atoms with Crippen molar-refractivity contribution in [3.63, 3.8) is 0 Å². The fourth-order valence-electron chi connectivity index (χ4n) is 1.97. The molecule has 0 spiro atoms. The first-order valence-corrected chi connectivity index (χ1v) is 6.94. The molecule has 1 aromatic carbocycles. The van der Waals surface area contributed by atoms with Gasteiger partial charge in [-0.1, -0.05) is 12.1 Å². The highest BCUT2D eigenvalue weighted by Crippen LogP contribution is 2.22. The standard InChI is InChI=1S/C15H23NO5/c1-3-21-12-6-4-11(5-7-12)15(19)13(16-8-9-17)10-14(18)20-2/h4-7,13,15-17,19H,3,8-10H2,1-2H3. The highest BCUT2D eigenvalue weighted by Gasteiger charge is 2.23. The van der Waals surface area contributed by atoms with Crippen LogP contribution in [0, 0.1) is 0 Å². The Kier molecular flexibility index (Phi) is 7.74. The van der Waals surface area contributed by atoms with Crippen molar-refractivity contribution >= 4 is 5.97 Å². The Labute approximate surface area is 124 Å². The van der Waals surface area contributed by atoms with E-state index in [1.54, 1.807) is 24.3 Å². The summed E-state index contributed by atoms with van der Waals surface area (Å²) in [6.45, 7) is 2.68. The highest BCUT2D eigenvalue weighted by molar-refractivity contribution is 5.70. The van der Waals surface area contributed by atoms with Crippen LogP contribution in [-0.4, -0.2) is 49.1 Å². The summed E-state index contributed by atoms with van der Waals surface area (Å²) in [5.41, 5.74) is 0.665. The van der Waals surface area contributed by atoms with Crippen LogP contribution in [0.3, 0.4) is 0 Å². The van der Waals surface area contributed by atoms with Crippen molar-refractivity contribution in [2.24, 2.45) is 0 Å². The normalized spacial score (nSPS) is 13.5. The molecule has 0 heterocycles. The second-order valence-corrected chi connectivity index (χ2v) is 4.51. The molecule has 1 aromatic rings. The van der Waals surface area contributed by atoms with Gasteiger partial charge in [0.05, 0.1) is 32.8 Å². The topological polar surface area (TPSA) is 88.0 Å². The van der Waals surface area contributed by atoms with E-state index in [2.05, 4.69) is 10.1 Å². The van der Waals surface area contributed by atoms with Crippen LogP contribution < -0.4 is 10.1 Å².